The van der Waals surface area contributed by atoms with E-state index in [2.05, 4.69) is 39.0 Å². The highest BCUT2D eigenvalue weighted by molar-refractivity contribution is 14.1. The Balaban J connectivity index is 1.87. The lowest BCUT2D eigenvalue weighted by atomic mass is 9.96. The zero-order valence-corrected chi connectivity index (χ0v) is 21.6. The van der Waals surface area contributed by atoms with Crippen molar-refractivity contribution in [3.8, 4) is 6.07 Å². The fraction of sp³-hybridized carbons (Fsp3) is 0.565. The van der Waals surface area contributed by atoms with Gasteiger partial charge in [-0.1, -0.05) is 13.8 Å². The van der Waals surface area contributed by atoms with Gasteiger partial charge in [0.05, 0.1) is 18.0 Å². The zero-order chi connectivity index (χ0) is 23.8. The number of hydrogen-bond donors (Lipinski definition) is 1. The van der Waals surface area contributed by atoms with Gasteiger partial charge in [-0.15, -0.1) is 0 Å². The van der Waals surface area contributed by atoms with Gasteiger partial charge in [0.1, 0.15) is 5.60 Å². The summed E-state index contributed by atoms with van der Waals surface area (Å²) in [5.41, 5.74) is 1.91. The fourth-order valence-corrected chi connectivity index (χ4v) is 4.59. The molecule has 0 aromatic carbocycles. The van der Waals surface area contributed by atoms with E-state index in [0.717, 1.165) is 20.1 Å². The van der Waals surface area contributed by atoms with E-state index >= 15 is 0 Å². The Bertz CT molecular complexity index is 1070. The number of fused-ring (bicyclic) bond motifs is 1. The predicted molar refractivity (Wildman–Crippen MR) is 130 cm³/mol. The second-order valence-electron chi connectivity index (χ2n) is 9.62. The van der Waals surface area contributed by atoms with E-state index in [-0.39, 0.29) is 23.8 Å². The maximum atomic E-state index is 13.0. The van der Waals surface area contributed by atoms with E-state index in [0.29, 0.717) is 25.3 Å². The van der Waals surface area contributed by atoms with Crippen LogP contribution in [-0.2, 0) is 16.1 Å². The zero-order valence-electron chi connectivity index (χ0n) is 19.4. The van der Waals surface area contributed by atoms with Crippen LogP contribution in [0.3, 0.4) is 0 Å². The Labute approximate surface area is 202 Å². The summed E-state index contributed by atoms with van der Waals surface area (Å²) in [6, 6.07) is 1.85. The third-order valence-electron chi connectivity index (χ3n) is 5.49. The van der Waals surface area contributed by atoms with Crippen molar-refractivity contribution in [2.24, 2.45) is 11.8 Å². The topological polar surface area (TPSA) is 100 Å². The molecular formula is C23H30IN5O3. The van der Waals surface area contributed by atoms with E-state index in [4.69, 9.17) is 10.00 Å². The number of halogens is 1. The van der Waals surface area contributed by atoms with Crippen LogP contribution in [0.25, 0.3) is 11.0 Å². The lowest BCUT2D eigenvalue weighted by Crippen LogP contribution is -2.57. The smallest absolute Gasteiger partial charge is 0.420 e. The minimum atomic E-state index is -0.611. The molecule has 0 saturated carbocycles. The van der Waals surface area contributed by atoms with E-state index in [1.165, 1.54) is 4.57 Å². The number of pyridine rings is 1. The van der Waals surface area contributed by atoms with Gasteiger partial charge in [-0.05, 0) is 67.3 Å². The second kappa shape index (κ2) is 9.35. The molecule has 32 heavy (non-hydrogen) atoms. The Morgan fingerprint density at radius 1 is 1.38 bits per heavy atom. The molecule has 3 heterocycles. The van der Waals surface area contributed by atoms with Crippen molar-refractivity contribution >= 4 is 45.6 Å². The summed E-state index contributed by atoms with van der Waals surface area (Å²) in [7, 11) is 0. The molecule has 9 heteroatoms. The highest BCUT2D eigenvalue weighted by Crippen LogP contribution is 2.28. The molecule has 0 spiro atoms. The van der Waals surface area contributed by atoms with Crippen molar-refractivity contribution in [1.29, 1.82) is 5.26 Å². The number of nitrogens with one attached hydrogen (secondary N) is 1. The molecule has 1 aliphatic heterocycles. The molecule has 8 nitrogen and oxygen atoms in total. The molecule has 0 radical (unpaired) electrons. The van der Waals surface area contributed by atoms with E-state index in [1.54, 1.807) is 17.3 Å². The van der Waals surface area contributed by atoms with Crippen molar-refractivity contribution < 1.29 is 14.3 Å². The lowest BCUT2D eigenvalue weighted by Gasteiger charge is -2.38. The van der Waals surface area contributed by atoms with E-state index in [1.807, 2.05) is 41.5 Å². The molecule has 0 bridgehead atoms. The number of nitrogens with zero attached hydrogens (tertiary/aromatic N) is 4. The van der Waals surface area contributed by atoms with Gasteiger partial charge in [0.2, 0.25) is 5.91 Å². The number of aryl methyl sites for hydroxylation is 1. The standard InChI is InChI=1S/C23H30IN5O3/c1-13(2)19(21(30)28-10-15(7-25)11-28)26-9-16-14(3)8-27-20-18(16)17(24)12-29(20)22(31)32-23(4,5)6/h8,12-13,15,19,26H,9-11H2,1-6H3/t19-/m1/s1. The minimum absolute atomic E-state index is 0.0236. The number of ether oxygens (including phenoxy) is 1. The van der Waals surface area contributed by atoms with Gasteiger partial charge in [0.25, 0.3) is 0 Å². The number of carbonyl (C=O) groups excluding carboxylic acids is 2. The predicted octanol–water partition coefficient (Wildman–Crippen LogP) is 3.83. The number of rotatable bonds is 5. The quantitative estimate of drug-likeness (QED) is 0.568. The van der Waals surface area contributed by atoms with Gasteiger partial charge in [0.15, 0.2) is 5.65 Å². The van der Waals surface area contributed by atoms with Crippen molar-refractivity contribution in [3.05, 3.63) is 27.1 Å². The number of hydrogen-bond acceptors (Lipinski definition) is 6. The van der Waals surface area contributed by atoms with Gasteiger partial charge < -0.3 is 15.0 Å². The van der Waals surface area contributed by atoms with Crippen molar-refractivity contribution in [2.75, 3.05) is 13.1 Å². The molecule has 1 amide bonds. The van der Waals surface area contributed by atoms with E-state index < -0.39 is 11.7 Å². The van der Waals surface area contributed by atoms with Crippen molar-refractivity contribution in [3.63, 3.8) is 0 Å². The summed E-state index contributed by atoms with van der Waals surface area (Å²) in [6.07, 6.45) is 3.01. The van der Waals surface area contributed by atoms with Gasteiger partial charge in [-0.3, -0.25) is 4.79 Å². The molecule has 2 aromatic heterocycles. The summed E-state index contributed by atoms with van der Waals surface area (Å²) in [5.74, 6) is 0.0465. The Morgan fingerprint density at radius 2 is 2.03 bits per heavy atom. The first kappa shape index (κ1) is 24.5. The van der Waals surface area contributed by atoms with Crippen LogP contribution in [0.2, 0.25) is 0 Å². The van der Waals surface area contributed by atoms with Crippen LogP contribution in [0.4, 0.5) is 4.79 Å². The van der Waals surface area contributed by atoms with Gasteiger partial charge >= 0.3 is 6.09 Å². The number of aromatic nitrogens is 2. The van der Waals surface area contributed by atoms with Crippen LogP contribution in [0.1, 0.15) is 45.7 Å². The first-order valence-corrected chi connectivity index (χ1v) is 11.8. The van der Waals surface area contributed by atoms with Crippen LogP contribution in [-0.4, -0.2) is 51.2 Å². The lowest BCUT2D eigenvalue weighted by molar-refractivity contribution is -0.139. The summed E-state index contributed by atoms with van der Waals surface area (Å²) in [5, 5.41) is 13.3. The third-order valence-corrected chi connectivity index (χ3v) is 6.31. The summed E-state index contributed by atoms with van der Waals surface area (Å²) < 4.78 is 7.87. The number of nitriles is 1. The monoisotopic (exact) mass is 551 g/mol. The average Bonchev–Trinajstić information content (AvgIpc) is 2.98. The van der Waals surface area contributed by atoms with E-state index in [9.17, 15) is 9.59 Å². The normalized spacial score (nSPS) is 15.5. The molecule has 1 N–H and O–H groups in total. The maximum Gasteiger partial charge on any atom is 0.420 e. The fourth-order valence-electron chi connectivity index (χ4n) is 3.74. The third kappa shape index (κ3) is 5.07. The summed E-state index contributed by atoms with van der Waals surface area (Å²) in [6.45, 7) is 12.9. The van der Waals surface area contributed by atoms with Crippen LogP contribution in [0.15, 0.2) is 12.4 Å². The maximum absolute atomic E-state index is 13.0. The summed E-state index contributed by atoms with van der Waals surface area (Å²) >= 11 is 2.21. The first-order chi connectivity index (χ1) is 14.9. The summed E-state index contributed by atoms with van der Waals surface area (Å²) in [4.78, 5) is 31.9. The van der Waals surface area contributed by atoms with Crippen LogP contribution < -0.4 is 5.32 Å². The Hall–Kier alpha value is -2.19. The highest BCUT2D eigenvalue weighted by Gasteiger charge is 2.35. The van der Waals surface area contributed by atoms with Crippen LogP contribution in [0.5, 0.6) is 0 Å². The van der Waals surface area contributed by atoms with Gasteiger partial charge in [-0.25, -0.2) is 14.3 Å². The number of carbonyl (C=O) groups is 2. The SMILES string of the molecule is Cc1cnc2c(c(I)cn2C(=O)OC(C)(C)C)c1CN[C@@H](C(=O)N1CC(C#N)C1)C(C)C. The second-order valence-corrected chi connectivity index (χ2v) is 10.8. The molecule has 1 saturated heterocycles. The molecule has 1 atom stereocenters. The van der Waals surface area contributed by atoms with Crippen molar-refractivity contribution in [1.82, 2.24) is 19.8 Å². The molecular weight excluding hydrogens is 521 g/mol. The molecule has 1 aliphatic rings. The Kier molecular flexibility index (Phi) is 7.15. The number of amides is 1. The van der Waals surface area contributed by atoms with Crippen LogP contribution in [0, 0.1) is 33.7 Å². The Morgan fingerprint density at radius 3 is 2.59 bits per heavy atom. The molecule has 1 fully saturated rings. The molecule has 3 rings (SSSR count). The molecule has 2 aromatic rings. The number of likely N-dealkylation sites (tertiary alicyclic amines) is 1. The minimum Gasteiger partial charge on any atom is -0.443 e. The molecule has 172 valence electrons. The average molecular weight is 551 g/mol. The van der Waals surface area contributed by atoms with Gasteiger partial charge in [0, 0.05) is 41.0 Å². The van der Waals surface area contributed by atoms with Crippen LogP contribution >= 0.6 is 22.6 Å². The molecule has 0 unspecified atom stereocenters. The highest BCUT2D eigenvalue weighted by atomic mass is 127. The first-order valence-electron chi connectivity index (χ1n) is 10.7. The van der Waals surface area contributed by atoms with Crippen molar-refractivity contribution in [2.45, 2.75) is 59.7 Å². The largest absolute Gasteiger partial charge is 0.443 e. The van der Waals surface area contributed by atoms with Gasteiger partial charge in [-0.2, -0.15) is 5.26 Å². The molecule has 0 aliphatic carbocycles.